The van der Waals surface area contributed by atoms with Crippen LogP contribution in [0.4, 0.5) is 0 Å². The number of ether oxygens (including phenoxy) is 1. The van der Waals surface area contributed by atoms with Crippen LogP contribution in [0.1, 0.15) is 15.9 Å². The minimum atomic E-state index is -0.617. The minimum Gasteiger partial charge on any atom is -0.465 e. The van der Waals surface area contributed by atoms with E-state index >= 15 is 0 Å². The Balaban J connectivity index is 3.36. The number of nitriles is 1. The molecule has 14 heavy (non-hydrogen) atoms. The van der Waals surface area contributed by atoms with Gasteiger partial charge in [0.25, 0.3) is 0 Å². The fraction of sp³-hybridized carbons (Fsp3) is 0.111. The first-order valence-corrected chi connectivity index (χ1v) is 4.33. The van der Waals surface area contributed by atoms with E-state index in [9.17, 15) is 4.79 Å². The van der Waals surface area contributed by atoms with Gasteiger partial charge in [-0.05, 0) is 12.1 Å². The zero-order valence-corrected chi connectivity index (χ0v) is 8.69. The molecule has 3 nitrogen and oxygen atoms in total. The third-order valence-corrected chi connectivity index (χ3v) is 2.36. The van der Waals surface area contributed by atoms with E-state index < -0.39 is 5.97 Å². The number of esters is 1. The predicted molar refractivity (Wildman–Crippen MR) is 52.5 cm³/mol. The number of carbonyl (C=O) groups is 1. The maximum Gasteiger partial charge on any atom is 0.339 e. The first-order valence-electron chi connectivity index (χ1n) is 3.57. The summed E-state index contributed by atoms with van der Waals surface area (Å²) in [4.78, 5) is 11.2. The van der Waals surface area contributed by atoms with E-state index in [1.54, 1.807) is 0 Å². The van der Waals surface area contributed by atoms with Crippen molar-refractivity contribution in [2.45, 2.75) is 0 Å². The molecule has 1 aromatic rings. The Hall–Kier alpha value is -1.24. The van der Waals surface area contributed by atoms with Gasteiger partial charge in [0, 0.05) is 0 Å². The van der Waals surface area contributed by atoms with E-state index in [4.69, 9.17) is 28.5 Å². The van der Waals surface area contributed by atoms with E-state index in [1.807, 2.05) is 6.07 Å². The van der Waals surface area contributed by atoms with Crippen LogP contribution < -0.4 is 0 Å². The molecule has 5 heteroatoms. The van der Waals surface area contributed by atoms with Gasteiger partial charge in [-0.3, -0.25) is 0 Å². The van der Waals surface area contributed by atoms with Crippen LogP contribution in [0.2, 0.25) is 10.0 Å². The van der Waals surface area contributed by atoms with E-state index in [1.165, 1.54) is 19.2 Å². The van der Waals surface area contributed by atoms with Gasteiger partial charge < -0.3 is 4.74 Å². The molecule has 0 fully saturated rings. The topological polar surface area (TPSA) is 50.1 Å². The average molecular weight is 230 g/mol. The summed E-state index contributed by atoms with van der Waals surface area (Å²) in [6, 6.07) is 4.58. The second kappa shape index (κ2) is 4.32. The van der Waals surface area contributed by atoms with Crippen LogP contribution in [-0.2, 0) is 4.74 Å². The van der Waals surface area contributed by atoms with Crippen LogP contribution >= 0.6 is 23.2 Å². The number of nitrogens with zero attached hydrogens (tertiary/aromatic N) is 1. The monoisotopic (exact) mass is 229 g/mol. The molecule has 0 spiro atoms. The van der Waals surface area contributed by atoms with Gasteiger partial charge >= 0.3 is 5.97 Å². The first kappa shape index (κ1) is 10.8. The number of benzene rings is 1. The highest BCUT2D eigenvalue weighted by Crippen LogP contribution is 2.27. The lowest BCUT2D eigenvalue weighted by atomic mass is 10.1. The Morgan fingerprint density at radius 2 is 2.14 bits per heavy atom. The second-order valence-corrected chi connectivity index (χ2v) is 3.21. The number of halogens is 2. The van der Waals surface area contributed by atoms with Crippen LogP contribution in [0.15, 0.2) is 12.1 Å². The maximum absolute atomic E-state index is 11.2. The quantitative estimate of drug-likeness (QED) is 0.696. The molecule has 0 aliphatic heterocycles. The fourth-order valence-corrected chi connectivity index (χ4v) is 1.32. The van der Waals surface area contributed by atoms with Crippen molar-refractivity contribution >= 4 is 29.2 Å². The highest BCUT2D eigenvalue weighted by molar-refractivity contribution is 6.43. The zero-order chi connectivity index (χ0) is 10.7. The summed E-state index contributed by atoms with van der Waals surface area (Å²) in [5, 5.41) is 8.88. The summed E-state index contributed by atoms with van der Waals surface area (Å²) in [5.74, 6) is -0.617. The van der Waals surface area contributed by atoms with Crippen molar-refractivity contribution < 1.29 is 9.53 Å². The molecule has 1 aromatic carbocycles. The molecule has 0 saturated carbocycles. The molecule has 0 N–H and O–H groups in total. The van der Waals surface area contributed by atoms with Gasteiger partial charge in [0.2, 0.25) is 0 Å². The molecule has 0 bridgehead atoms. The lowest BCUT2D eigenvalue weighted by Crippen LogP contribution is -2.02. The predicted octanol–water partition coefficient (Wildman–Crippen LogP) is 2.65. The van der Waals surface area contributed by atoms with Gasteiger partial charge in [-0.15, -0.1) is 0 Å². The third-order valence-electron chi connectivity index (χ3n) is 1.56. The Kier molecular flexibility index (Phi) is 3.34. The Labute approximate surface area is 90.8 Å². The fourth-order valence-electron chi connectivity index (χ4n) is 0.912. The first-order chi connectivity index (χ1) is 6.60. The van der Waals surface area contributed by atoms with Gasteiger partial charge in [0.05, 0.1) is 34.4 Å². The summed E-state index contributed by atoms with van der Waals surface area (Å²) in [6.07, 6.45) is 0. The molecule has 0 heterocycles. The van der Waals surface area contributed by atoms with Gasteiger partial charge in [0.15, 0.2) is 0 Å². The molecule has 0 aromatic heterocycles. The lowest BCUT2D eigenvalue weighted by molar-refractivity contribution is 0.0601. The number of hydrogen-bond acceptors (Lipinski definition) is 3. The van der Waals surface area contributed by atoms with Crippen LogP contribution in [-0.4, -0.2) is 13.1 Å². The van der Waals surface area contributed by atoms with E-state index in [-0.39, 0.29) is 21.2 Å². The molecule has 0 aliphatic rings. The van der Waals surface area contributed by atoms with Crippen molar-refractivity contribution in [1.82, 2.24) is 0 Å². The van der Waals surface area contributed by atoms with Crippen molar-refractivity contribution in [2.75, 3.05) is 7.11 Å². The highest BCUT2D eigenvalue weighted by atomic mass is 35.5. The molecular weight excluding hydrogens is 225 g/mol. The van der Waals surface area contributed by atoms with Gasteiger partial charge in [-0.1, -0.05) is 23.2 Å². The van der Waals surface area contributed by atoms with Crippen LogP contribution in [0.25, 0.3) is 0 Å². The SMILES string of the molecule is COC(=O)c1cc(C#N)cc(Cl)c1Cl. The van der Waals surface area contributed by atoms with Crippen molar-refractivity contribution in [3.63, 3.8) is 0 Å². The normalized spacial score (nSPS) is 9.29. The number of carbonyl (C=O) groups excluding carboxylic acids is 1. The van der Waals surface area contributed by atoms with Crippen molar-refractivity contribution in [3.8, 4) is 6.07 Å². The molecule has 0 atom stereocenters. The molecule has 0 amide bonds. The Bertz CT molecular complexity index is 424. The molecule has 0 saturated heterocycles. The van der Waals surface area contributed by atoms with E-state index in [2.05, 4.69) is 4.74 Å². The largest absolute Gasteiger partial charge is 0.465 e. The van der Waals surface area contributed by atoms with E-state index in [0.717, 1.165) is 0 Å². The molecule has 1 rings (SSSR count). The summed E-state index contributed by atoms with van der Waals surface area (Å²) in [6.45, 7) is 0. The Morgan fingerprint density at radius 1 is 1.50 bits per heavy atom. The second-order valence-electron chi connectivity index (χ2n) is 2.42. The lowest BCUT2D eigenvalue weighted by Gasteiger charge is -2.03. The number of methoxy groups -OCH3 is 1. The average Bonchev–Trinajstić information content (AvgIpc) is 2.20. The smallest absolute Gasteiger partial charge is 0.339 e. The summed E-state index contributed by atoms with van der Waals surface area (Å²) < 4.78 is 4.48. The van der Waals surface area contributed by atoms with Crippen molar-refractivity contribution in [3.05, 3.63) is 33.3 Å². The number of rotatable bonds is 1. The third kappa shape index (κ3) is 1.98. The van der Waals surface area contributed by atoms with Crippen molar-refractivity contribution in [1.29, 1.82) is 5.26 Å². The van der Waals surface area contributed by atoms with Gasteiger partial charge in [-0.2, -0.15) is 5.26 Å². The van der Waals surface area contributed by atoms with Crippen LogP contribution in [0.5, 0.6) is 0 Å². The van der Waals surface area contributed by atoms with Crippen LogP contribution in [0.3, 0.4) is 0 Å². The molecule has 0 unspecified atom stereocenters. The number of hydrogen-bond donors (Lipinski definition) is 0. The van der Waals surface area contributed by atoms with Gasteiger partial charge in [0.1, 0.15) is 0 Å². The Morgan fingerprint density at radius 3 is 2.64 bits per heavy atom. The highest BCUT2D eigenvalue weighted by Gasteiger charge is 2.14. The van der Waals surface area contributed by atoms with Crippen molar-refractivity contribution in [2.24, 2.45) is 0 Å². The molecular formula is C9H5Cl2NO2. The summed E-state index contributed by atoms with van der Waals surface area (Å²) >= 11 is 11.5. The maximum atomic E-state index is 11.2. The van der Waals surface area contributed by atoms with Crippen LogP contribution in [0, 0.1) is 11.3 Å². The van der Waals surface area contributed by atoms with Gasteiger partial charge in [-0.25, -0.2) is 4.79 Å². The summed E-state index contributed by atoms with van der Waals surface area (Å²) in [7, 11) is 1.23. The zero-order valence-electron chi connectivity index (χ0n) is 7.17. The molecule has 0 aliphatic carbocycles. The minimum absolute atomic E-state index is 0.0949. The molecule has 72 valence electrons. The standard InChI is InChI=1S/C9H5Cl2NO2/c1-14-9(13)6-2-5(4-12)3-7(10)8(6)11/h2-3H,1H3. The molecule has 0 radical (unpaired) electrons. The summed E-state index contributed by atoms with van der Waals surface area (Å²) in [5.41, 5.74) is 0.359. The van der Waals surface area contributed by atoms with E-state index in [0.29, 0.717) is 0 Å².